The molecule has 0 heterocycles. The predicted octanol–water partition coefficient (Wildman–Crippen LogP) is 5.26. The van der Waals surface area contributed by atoms with Gasteiger partial charge in [0, 0.05) is 0 Å². The van der Waals surface area contributed by atoms with Gasteiger partial charge in [-0.25, -0.2) is 0 Å². The number of hydrogen-bond donors (Lipinski definition) is 0. The van der Waals surface area contributed by atoms with Crippen LogP contribution in [0.3, 0.4) is 0 Å². The molecule has 0 aliphatic heterocycles. The third-order valence-electron chi connectivity index (χ3n) is 1.73. The zero-order valence-electron chi connectivity index (χ0n) is 8.05. The highest BCUT2D eigenvalue weighted by Crippen LogP contribution is 2.28. The summed E-state index contributed by atoms with van der Waals surface area (Å²) in [4.78, 5) is 0. The molecule has 0 aromatic rings. The first-order valence-electron chi connectivity index (χ1n) is 4.46. The second kappa shape index (κ2) is 6.24. The van der Waals surface area contributed by atoms with Crippen LogP contribution < -0.4 is 0 Å². The van der Waals surface area contributed by atoms with Gasteiger partial charge < -0.3 is 0 Å². The van der Waals surface area contributed by atoms with Crippen LogP contribution in [0.5, 0.6) is 0 Å². The summed E-state index contributed by atoms with van der Waals surface area (Å²) in [6.45, 7) is 4.33. The first kappa shape index (κ1) is 14.6. The van der Waals surface area contributed by atoms with E-state index in [0.717, 1.165) is 24.9 Å². The van der Waals surface area contributed by atoms with Crippen molar-refractivity contribution in [2.24, 2.45) is 0 Å². The highest BCUT2D eigenvalue weighted by Gasteiger charge is 2.23. The summed E-state index contributed by atoms with van der Waals surface area (Å²) in [7, 11) is -1.37. The highest BCUT2D eigenvalue weighted by atomic mass is 35.8. The van der Waals surface area contributed by atoms with Crippen molar-refractivity contribution in [3.63, 3.8) is 0 Å². The Hall–Kier alpha value is 1.59. The predicted molar refractivity (Wildman–Crippen MR) is 70.1 cm³/mol. The number of halogens is 4. The molecule has 0 unspecified atom stereocenters. The molecule has 0 nitrogen and oxygen atoms in total. The summed E-state index contributed by atoms with van der Waals surface area (Å²) in [5, 5.41) is 0. The molecule has 0 fully saturated rings. The minimum absolute atomic E-state index is 0.780. The summed E-state index contributed by atoms with van der Waals surface area (Å²) in [5.74, 6) is 0. The lowest BCUT2D eigenvalue weighted by Gasteiger charge is -2.12. The van der Waals surface area contributed by atoms with E-state index in [1.54, 1.807) is 0 Å². The molecule has 80 valence electrons. The van der Waals surface area contributed by atoms with Crippen LogP contribution in [-0.4, -0.2) is 13.4 Å². The normalized spacial score (nSPS) is 13.4. The Kier molecular flexibility index (Phi) is 7.00. The molecular weight excluding hydrogens is 282 g/mol. The molecular formula is C7H16Cl4Si2. The average Bonchev–Trinajstić information content (AvgIpc) is 1.81. The summed E-state index contributed by atoms with van der Waals surface area (Å²) in [6.07, 6.45) is 3.35. The van der Waals surface area contributed by atoms with Gasteiger partial charge in [0.2, 0.25) is 0 Å². The van der Waals surface area contributed by atoms with Gasteiger partial charge in [-0.1, -0.05) is 32.4 Å². The number of hydrogen-bond acceptors (Lipinski definition) is 0. The van der Waals surface area contributed by atoms with E-state index in [2.05, 4.69) is 13.1 Å². The lowest BCUT2D eigenvalue weighted by Crippen LogP contribution is -2.15. The lowest BCUT2D eigenvalue weighted by atomic mass is 10.3. The van der Waals surface area contributed by atoms with Crippen LogP contribution in [0.1, 0.15) is 19.3 Å². The van der Waals surface area contributed by atoms with Gasteiger partial charge in [0.25, 0.3) is 0 Å². The van der Waals surface area contributed by atoms with Crippen LogP contribution in [-0.2, 0) is 0 Å². The quantitative estimate of drug-likeness (QED) is 0.356. The molecule has 0 bridgehead atoms. The fourth-order valence-electron chi connectivity index (χ4n) is 1.05. The van der Waals surface area contributed by atoms with E-state index in [4.69, 9.17) is 44.3 Å². The molecule has 0 aromatic heterocycles. The fourth-order valence-corrected chi connectivity index (χ4v) is 4.39. The number of rotatable bonds is 6. The molecule has 0 saturated carbocycles. The summed E-state index contributed by atoms with van der Waals surface area (Å²) in [6, 6.07) is -0.416. The smallest absolute Gasteiger partial charge is 0.168 e. The Morgan fingerprint density at radius 3 is 1.62 bits per heavy atom. The van der Waals surface area contributed by atoms with Crippen molar-refractivity contribution in [1.29, 1.82) is 0 Å². The van der Waals surface area contributed by atoms with E-state index in [1.165, 1.54) is 6.42 Å². The van der Waals surface area contributed by atoms with E-state index in [-0.39, 0.29) is 0 Å². The first-order valence-corrected chi connectivity index (χ1v) is 13.9. The Labute approximate surface area is 102 Å². The molecule has 0 N–H and O–H groups in total. The first-order chi connectivity index (χ1) is 5.71. The van der Waals surface area contributed by atoms with Crippen LogP contribution in [0.2, 0.25) is 25.2 Å². The Morgan fingerprint density at radius 2 is 1.23 bits per heavy atom. The molecule has 0 aliphatic rings. The highest BCUT2D eigenvalue weighted by molar-refractivity contribution is 7.64. The van der Waals surface area contributed by atoms with Gasteiger partial charge in [-0.05, 0) is 12.1 Å². The maximum Gasteiger partial charge on any atom is 0.341 e. The largest absolute Gasteiger partial charge is 0.341 e. The minimum Gasteiger partial charge on any atom is -0.168 e. The van der Waals surface area contributed by atoms with Crippen molar-refractivity contribution in [2.45, 2.75) is 44.4 Å². The van der Waals surface area contributed by atoms with Gasteiger partial charge in [-0.15, -0.1) is 33.2 Å². The van der Waals surface area contributed by atoms with E-state index in [0.29, 0.717) is 0 Å². The van der Waals surface area contributed by atoms with E-state index in [1.807, 2.05) is 0 Å². The summed E-state index contributed by atoms with van der Waals surface area (Å²) in [5.41, 5.74) is 0. The maximum absolute atomic E-state index is 6.17. The zero-order chi connectivity index (χ0) is 10.5. The van der Waals surface area contributed by atoms with Crippen molar-refractivity contribution < 1.29 is 0 Å². The van der Waals surface area contributed by atoms with Crippen molar-refractivity contribution >= 4 is 57.7 Å². The lowest BCUT2D eigenvalue weighted by molar-refractivity contribution is 0.762. The van der Waals surface area contributed by atoms with Crippen LogP contribution >= 0.6 is 44.3 Å². The van der Waals surface area contributed by atoms with Crippen LogP contribution in [0, 0.1) is 0 Å². The molecule has 0 aromatic carbocycles. The second-order valence-electron chi connectivity index (χ2n) is 3.89. The van der Waals surface area contributed by atoms with E-state index >= 15 is 0 Å². The van der Waals surface area contributed by atoms with Gasteiger partial charge in [-0.2, -0.15) is 11.1 Å². The summed E-state index contributed by atoms with van der Waals surface area (Å²) >= 11 is 23.4. The fraction of sp³-hybridized carbons (Fsp3) is 1.00. The van der Waals surface area contributed by atoms with Crippen molar-refractivity contribution in [2.75, 3.05) is 0 Å². The van der Waals surface area contributed by atoms with Gasteiger partial charge in [0.1, 0.15) is 7.38 Å². The van der Waals surface area contributed by atoms with Gasteiger partial charge in [0.05, 0.1) is 0 Å². The Morgan fingerprint density at radius 1 is 0.769 bits per heavy atom. The van der Waals surface area contributed by atoms with Gasteiger partial charge >= 0.3 is 6.00 Å². The molecule has 6 heteroatoms. The average molecular weight is 298 g/mol. The molecule has 0 atom stereocenters. The van der Waals surface area contributed by atoms with Gasteiger partial charge in [-0.3, -0.25) is 0 Å². The maximum atomic E-state index is 6.17. The molecule has 0 spiro atoms. The molecule has 0 radical (unpaired) electrons. The van der Waals surface area contributed by atoms with Gasteiger partial charge in [0.15, 0.2) is 0 Å². The van der Waals surface area contributed by atoms with E-state index < -0.39 is 13.4 Å². The SMILES string of the molecule is C[Si](C)(Cl)CCCCC[Si](Cl)(Cl)Cl. The third kappa shape index (κ3) is 13.6. The van der Waals surface area contributed by atoms with Crippen molar-refractivity contribution in [1.82, 2.24) is 0 Å². The third-order valence-corrected chi connectivity index (χ3v) is 6.46. The van der Waals surface area contributed by atoms with Crippen molar-refractivity contribution in [3.8, 4) is 0 Å². The molecule has 0 aliphatic carbocycles. The second-order valence-corrected chi connectivity index (χ2v) is 20.2. The zero-order valence-corrected chi connectivity index (χ0v) is 13.1. The van der Waals surface area contributed by atoms with Crippen LogP contribution in [0.25, 0.3) is 0 Å². The van der Waals surface area contributed by atoms with Crippen LogP contribution in [0.15, 0.2) is 0 Å². The summed E-state index contributed by atoms with van der Waals surface area (Å²) < 4.78 is 0. The topological polar surface area (TPSA) is 0 Å². The molecule has 0 rings (SSSR count). The Balaban J connectivity index is 3.28. The molecule has 0 amide bonds. The van der Waals surface area contributed by atoms with Crippen molar-refractivity contribution in [3.05, 3.63) is 0 Å². The molecule has 13 heavy (non-hydrogen) atoms. The standard InChI is InChI=1S/C7H16Cl4Si2/c1-12(2,8)6-4-3-5-7-13(9,10)11/h3-7H2,1-2H3. The monoisotopic (exact) mass is 296 g/mol. The number of unbranched alkanes of at least 4 members (excludes halogenated alkanes) is 2. The molecule has 0 saturated heterocycles. The Bertz CT molecular complexity index is 122. The minimum atomic E-state index is -2.36. The van der Waals surface area contributed by atoms with E-state index in [9.17, 15) is 0 Å². The van der Waals surface area contributed by atoms with Crippen LogP contribution in [0.4, 0.5) is 0 Å².